The maximum Gasteiger partial charge on any atom is 0.573 e. The van der Waals surface area contributed by atoms with Gasteiger partial charge in [0.1, 0.15) is 5.76 Å². The fraction of sp³-hybridized carbons (Fsp3) is 0.765. The number of ether oxygens (including phenoxy) is 1. The van der Waals surface area contributed by atoms with Crippen molar-refractivity contribution >= 4 is 0 Å². The summed E-state index contributed by atoms with van der Waals surface area (Å²) in [6.07, 6.45) is 3.64. The molecule has 6 heteroatoms. The Morgan fingerprint density at radius 3 is 2.52 bits per heavy atom. The Labute approximate surface area is 135 Å². The molecule has 0 amide bonds. The molecule has 1 unspecified atom stereocenters. The molecule has 0 radical (unpaired) electrons. The zero-order chi connectivity index (χ0) is 17.3. The molecule has 2 rings (SSSR count). The van der Waals surface area contributed by atoms with Crippen LogP contribution in [0, 0.1) is 10.8 Å². The fourth-order valence-corrected chi connectivity index (χ4v) is 4.11. The molecule has 0 aromatic heterocycles. The Kier molecular flexibility index (Phi) is 5.16. The van der Waals surface area contributed by atoms with Crippen molar-refractivity contribution in [2.45, 2.75) is 51.5 Å². The maximum absolute atomic E-state index is 12.4. The summed E-state index contributed by atoms with van der Waals surface area (Å²) in [5, 5.41) is 10.7. The van der Waals surface area contributed by atoms with Gasteiger partial charge in [-0.15, -0.1) is 13.2 Å². The molecule has 0 spiro atoms. The lowest BCUT2D eigenvalue weighted by atomic mass is 9.54. The standard InChI is InChI=1S/C17H26F3NO2/c1-15(10-7-13(8-11-15)23-17(18,19)20)16(12-21(2)3)9-5-4-6-14(16)22/h7-8,10,14,22H,4-6,9,11-12H2,1-3H3/t14-,15?,16-/m1/s1. The zero-order valence-corrected chi connectivity index (χ0v) is 14.0. The molecular formula is C17H26F3NO2. The van der Waals surface area contributed by atoms with E-state index in [1.807, 2.05) is 21.0 Å². The van der Waals surface area contributed by atoms with E-state index in [-0.39, 0.29) is 11.2 Å². The molecule has 3 nitrogen and oxygen atoms in total. The van der Waals surface area contributed by atoms with E-state index >= 15 is 0 Å². The minimum atomic E-state index is -4.67. The summed E-state index contributed by atoms with van der Waals surface area (Å²) < 4.78 is 41.1. The average molecular weight is 333 g/mol. The predicted octanol–water partition coefficient (Wildman–Crippen LogP) is 3.86. The molecule has 1 fully saturated rings. The second-order valence-corrected chi connectivity index (χ2v) is 7.26. The van der Waals surface area contributed by atoms with Crippen molar-refractivity contribution in [3.05, 3.63) is 24.0 Å². The number of rotatable bonds is 4. The third-order valence-corrected chi connectivity index (χ3v) is 5.30. The van der Waals surface area contributed by atoms with Gasteiger partial charge in [0.05, 0.1) is 6.10 Å². The molecule has 3 atom stereocenters. The monoisotopic (exact) mass is 333 g/mol. The van der Waals surface area contributed by atoms with Crippen LogP contribution in [-0.4, -0.2) is 43.1 Å². The van der Waals surface area contributed by atoms with Crippen molar-refractivity contribution < 1.29 is 23.0 Å². The predicted molar refractivity (Wildman–Crippen MR) is 82.5 cm³/mol. The second-order valence-electron chi connectivity index (χ2n) is 7.26. The molecule has 1 saturated carbocycles. The van der Waals surface area contributed by atoms with Crippen LogP contribution in [0.5, 0.6) is 0 Å². The largest absolute Gasteiger partial charge is 0.573 e. The molecule has 0 aromatic rings. The van der Waals surface area contributed by atoms with Crippen LogP contribution in [0.2, 0.25) is 0 Å². The number of hydrogen-bond donors (Lipinski definition) is 1. The first-order chi connectivity index (χ1) is 10.6. The minimum Gasteiger partial charge on any atom is -0.406 e. The molecule has 2 aliphatic rings. The van der Waals surface area contributed by atoms with Crippen molar-refractivity contribution in [2.24, 2.45) is 10.8 Å². The first-order valence-electron chi connectivity index (χ1n) is 8.06. The highest BCUT2D eigenvalue weighted by molar-refractivity contribution is 5.26. The first-order valence-corrected chi connectivity index (χ1v) is 8.06. The number of halogens is 3. The van der Waals surface area contributed by atoms with Crippen LogP contribution in [0.1, 0.15) is 39.0 Å². The van der Waals surface area contributed by atoms with E-state index in [2.05, 4.69) is 9.64 Å². The second kappa shape index (κ2) is 6.48. The number of nitrogens with zero attached hydrogens (tertiary/aromatic N) is 1. The lowest BCUT2D eigenvalue weighted by Gasteiger charge is -2.54. The summed E-state index contributed by atoms with van der Waals surface area (Å²) in [6, 6.07) is 0. The van der Waals surface area contributed by atoms with Crippen molar-refractivity contribution in [3.8, 4) is 0 Å². The lowest BCUT2D eigenvalue weighted by molar-refractivity contribution is -0.303. The van der Waals surface area contributed by atoms with Crippen molar-refractivity contribution in [1.29, 1.82) is 0 Å². The third-order valence-electron chi connectivity index (χ3n) is 5.30. The molecule has 0 aromatic carbocycles. The van der Waals surface area contributed by atoms with Gasteiger partial charge in [-0.3, -0.25) is 0 Å². The van der Waals surface area contributed by atoms with Crippen LogP contribution in [0.25, 0.3) is 0 Å². The summed E-state index contributed by atoms with van der Waals surface area (Å²) in [5.41, 5.74) is -0.749. The summed E-state index contributed by atoms with van der Waals surface area (Å²) in [4.78, 5) is 2.05. The molecular weight excluding hydrogens is 307 g/mol. The number of hydrogen-bond acceptors (Lipinski definition) is 3. The summed E-state index contributed by atoms with van der Waals surface area (Å²) in [7, 11) is 3.93. The van der Waals surface area contributed by atoms with Gasteiger partial charge in [-0.05, 0) is 50.9 Å². The van der Waals surface area contributed by atoms with Crippen molar-refractivity contribution in [2.75, 3.05) is 20.6 Å². The van der Waals surface area contributed by atoms with Gasteiger partial charge < -0.3 is 14.7 Å². The molecule has 0 heterocycles. The molecule has 2 aliphatic carbocycles. The lowest BCUT2D eigenvalue weighted by Crippen LogP contribution is -2.55. The maximum atomic E-state index is 12.4. The Bertz CT molecular complexity index is 487. The molecule has 0 aliphatic heterocycles. The molecule has 1 N–H and O–H groups in total. The van der Waals surface area contributed by atoms with Gasteiger partial charge >= 0.3 is 6.36 Å². The number of alkyl halides is 3. The van der Waals surface area contributed by atoms with Crippen LogP contribution < -0.4 is 0 Å². The van der Waals surface area contributed by atoms with Crippen molar-refractivity contribution in [3.63, 3.8) is 0 Å². The summed E-state index contributed by atoms with van der Waals surface area (Å²) in [6.45, 7) is 2.74. The smallest absolute Gasteiger partial charge is 0.406 e. The number of aliphatic hydroxyl groups excluding tert-OH is 1. The number of allylic oxidation sites excluding steroid dienone is 3. The highest BCUT2D eigenvalue weighted by Gasteiger charge is 2.52. The van der Waals surface area contributed by atoms with Gasteiger partial charge in [0.25, 0.3) is 0 Å². The SMILES string of the molecule is CN(C)C[C@]1(C2(C)C=CC(OC(F)(F)F)=CC2)CCCC[C@H]1O. The van der Waals surface area contributed by atoms with E-state index < -0.39 is 17.9 Å². The van der Waals surface area contributed by atoms with Crippen molar-refractivity contribution in [1.82, 2.24) is 4.90 Å². The van der Waals surface area contributed by atoms with Gasteiger partial charge in [-0.25, -0.2) is 0 Å². The third kappa shape index (κ3) is 3.91. The molecule has 0 saturated heterocycles. The van der Waals surface area contributed by atoms with Gasteiger partial charge in [0, 0.05) is 12.0 Å². The average Bonchev–Trinajstić information content (AvgIpc) is 2.42. The minimum absolute atomic E-state index is 0.166. The van der Waals surface area contributed by atoms with Gasteiger partial charge in [-0.2, -0.15) is 0 Å². The Morgan fingerprint density at radius 2 is 2.04 bits per heavy atom. The van der Waals surface area contributed by atoms with E-state index in [1.165, 1.54) is 12.2 Å². The van der Waals surface area contributed by atoms with E-state index in [0.717, 1.165) is 25.7 Å². The van der Waals surface area contributed by atoms with Gasteiger partial charge in [0.2, 0.25) is 0 Å². The fourth-order valence-electron chi connectivity index (χ4n) is 4.11. The topological polar surface area (TPSA) is 32.7 Å². The highest BCUT2D eigenvalue weighted by atomic mass is 19.4. The van der Waals surface area contributed by atoms with Crippen LogP contribution in [0.3, 0.4) is 0 Å². The van der Waals surface area contributed by atoms with E-state index in [1.54, 1.807) is 6.08 Å². The summed E-state index contributed by atoms with van der Waals surface area (Å²) >= 11 is 0. The number of aliphatic hydroxyl groups is 1. The Hall–Kier alpha value is -1.01. The Balaban J connectivity index is 2.25. The first kappa shape index (κ1) is 18.3. The quantitative estimate of drug-likeness (QED) is 0.848. The van der Waals surface area contributed by atoms with Crippen LogP contribution >= 0.6 is 0 Å². The molecule has 132 valence electrons. The highest BCUT2D eigenvalue weighted by Crippen LogP contribution is 2.54. The van der Waals surface area contributed by atoms with E-state index in [0.29, 0.717) is 13.0 Å². The van der Waals surface area contributed by atoms with Gasteiger partial charge in [0.15, 0.2) is 0 Å². The van der Waals surface area contributed by atoms with Gasteiger partial charge in [-0.1, -0.05) is 25.8 Å². The molecule has 23 heavy (non-hydrogen) atoms. The van der Waals surface area contributed by atoms with E-state index in [9.17, 15) is 18.3 Å². The van der Waals surface area contributed by atoms with E-state index in [4.69, 9.17) is 0 Å². The zero-order valence-electron chi connectivity index (χ0n) is 14.0. The van der Waals surface area contributed by atoms with Crippen LogP contribution in [0.15, 0.2) is 24.0 Å². The Morgan fingerprint density at radius 1 is 1.35 bits per heavy atom. The molecule has 0 bridgehead atoms. The van der Waals surface area contributed by atoms with Crippen LogP contribution in [0.4, 0.5) is 13.2 Å². The summed E-state index contributed by atoms with van der Waals surface area (Å²) in [5.74, 6) is -0.166. The normalized spacial score (nSPS) is 35.3. The van der Waals surface area contributed by atoms with Crippen LogP contribution in [-0.2, 0) is 4.74 Å².